The van der Waals surface area contributed by atoms with Gasteiger partial charge in [-0.15, -0.1) is 0 Å². The molecule has 0 radical (unpaired) electrons. The fourth-order valence-electron chi connectivity index (χ4n) is 1.31. The molecule has 0 saturated heterocycles. The summed E-state index contributed by atoms with van der Waals surface area (Å²) >= 11 is 0. The van der Waals surface area contributed by atoms with Gasteiger partial charge in [-0.25, -0.2) is 0 Å². The van der Waals surface area contributed by atoms with Gasteiger partial charge in [0.1, 0.15) is 0 Å². The molecular weight excluding hydrogens is 148 g/mol. The average Bonchev–Trinajstić information content (AvgIpc) is 1.53. The second-order valence-corrected chi connectivity index (χ2v) is 10.0. The molecule has 0 aromatic carbocycles. The predicted octanol–water partition coefficient (Wildman–Crippen LogP) is 3.85. The van der Waals surface area contributed by atoms with Crippen molar-refractivity contribution < 1.29 is 0 Å². The zero-order chi connectivity index (χ0) is 9.07. The maximum Gasteiger partial charge on any atom is 0.0483 e. The first-order valence-corrected chi connectivity index (χ1v) is 7.85. The van der Waals surface area contributed by atoms with Gasteiger partial charge in [-0.1, -0.05) is 43.4 Å². The van der Waals surface area contributed by atoms with Crippen molar-refractivity contribution in [3.05, 3.63) is 23.8 Å². The van der Waals surface area contributed by atoms with Crippen LogP contribution in [0.3, 0.4) is 0 Å². The molecule has 0 aromatic heterocycles. The molecular formula is C10H20Si. The van der Waals surface area contributed by atoms with Crippen molar-refractivity contribution in [3.63, 3.8) is 0 Å². The molecule has 0 aliphatic rings. The zero-order valence-electron chi connectivity index (χ0n) is 8.49. The highest BCUT2D eigenvalue weighted by atomic mass is 28.3. The van der Waals surface area contributed by atoms with Crippen LogP contribution in [0.15, 0.2) is 23.8 Å². The minimum Gasteiger partial charge on any atom is -0.0961 e. The molecule has 0 bridgehead atoms. The van der Waals surface area contributed by atoms with Crippen molar-refractivity contribution in [3.8, 4) is 0 Å². The van der Waals surface area contributed by atoms with Gasteiger partial charge in [-0.05, 0) is 19.9 Å². The summed E-state index contributed by atoms with van der Waals surface area (Å²) in [7, 11) is -0.897. The molecule has 0 N–H and O–H groups in total. The van der Waals surface area contributed by atoms with E-state index in [9.17, 15) is 0 Å². The smallest absolute Gasteiger partial charge is 0.0483 e. The predicted molar refractivity (Wildman–Crippen MR) is 56.7 cm³/mol. The van der Waals surface area contributed by atoms with Gasteiger partial charge in [0, 0.05) is 8.07 Å². The summed E-state index contributed by atoms with van der Waals surface area (Å²) in [6.45, 7) is 15.3. The molecule has 0 rings (SSSR count). The van der Waals surface area contributed by atoms with E-state index in [0.29, 0.717) is 0 Å². The maximum atomic E-state index is 3.86. The van der Waals surface area contributed by atoms with Crippen molar-refractivity contribution in [1.82, 2.24) is 0 Å². The first-order valence-electron chi connectivity index (χ1n) is 4.14. The fourth-order valence-corrected chi connectivity index (χ4v) is 3.08. The Morgan fingerprint density at radius 2 is 1.73 bits per heavy atom. The van der Waals surface area contributed by atoms with Gasteiger partial charge in [0.25, 0.3) is 0 Å². The third-order valence-corrected chi connectivity index (χ3v) is 2.92. The van der Waals surface area contributed by atoms with Crippen LogP contribution in [-0.4, -0.2) is 8.07 Å². The van der Waals surface area contributed by atoms with Gasteiger partial charge >= 0.3 is 0 Å². The van der Waals surface area contributed by atoms with Crippen LogP contribution in [0.1, 0.15) is 13.8 Å². The molecule has 64 valence electrons. The van der Waals surface area contributed by atoms with Crippen molar-refractivity contribution >= 4 is 8.07 Å². The second-order valence-electron chi connectivity index (χ2n) is 4.57. The summed E-state index contributed by atoms with van der Waals surface area (Å²) in [4.78, 5) is 0. The number of allylic oxidation sites excluding steroid dienone is 3. The summed E-state index contributed by atoms with van der Waals surface area (Å²) in [5.41, 5.74) is 2.65. The van der Waals surface area contributed by atoms with Crippen molar-refractivity contribution in [1.29, 1.82) is 0 Å². The van der Waals surface area contributed by atoms with Crippen LogP contribution >= 0.6 is 0 Å². The molecule has 0 amide bonds. The quantitative estimate of drug-likeness (QED) is 0.443. The largest absolute Gasteiger partial charge is 0.0961 e. The SMILES string of the molecule is C=C(C)/C=C(/C)C[Si](C)(C)C. The van der Waals surface area contributed by atoms with Gasteiger partial charge in [0.15, 0.2) is 0 Å². The molecule has 0 aliphatic heterocycles. The van der Waals surface area contributed by atoms with E-state index in [2.05, 4.69) is 39.2 Å². The maximum absolute atomic E-state index is 3.86. The molecule has 0 saturated carbocycles. The van der Waals surface area contributed by atoms with Crippen molar-refractivity contribution in [2.75, 3.05) is 0 Å². The molecule has 0 unspecified atom stereocenters. The number of hydrogen-bond acceptors (Lipinski definition) is 0. The van der Waals surface area contributed by atoms with Crippen LogP contribution < -0.4 is 0 Å². The molecule has 0 aromatic rings. The van der Waals surface area contributed by atoms with Crippen LogP contribution in [0.4, 0.5) is 0 Å². The van der Waals surface area contributed by atoms with E-state index in [1.807, 2.05) is 6.92 Å². The Bertz CT molecular complexity index is 170. The highest BCUT2D eigenvalue weighted by molar-refractivity contribution is 6.76. The lowest BCUT2D eigenvalue weighted by atomic mass is 10.2. The topological polar surface area (TPSA) is 0 Å². The summed E-state index contributed by atoms with van der Waals surface area (Å²) in [5, 5.41) is 0. The highest BCUT2D eigenvalue weighted by Gasteiger charge is 2.12. The van der Waals surface area contributed by atoms with Gasteiger partial charge < -0.3 is 0 Å². The Hall–Kier alpha value is -0.303. The molecule has 1 heteroatoms. The van der Waals surface area contributed by atoms with Crippen molar-refractivity contribution in [2.24, 2.45) is 0 Å². The highest BCUT2D eigenvalue weighted by Crippen LogP contribution is 2.16. The summed E-state index contributed by atoms with van der Waals surface area (Å²) < 4.78 is 0. The number of hydrogen-bond donors (Lipinski definition) is 0. The van der Waals surface area contributed by atoms with Crippen LogP contribution in [0, 0.1) is 0 Å². The lowest BCUT2D eigenvalue weighted by Crippen LogP contribution is -2.19. The van der Waals surface area contributed by atoms with E-state index in [1.54, 1.807) is 0 Å². The van der Waals surface area contributed by atoms with Crippen LogP contribution in [0.2, 0.25) is 25.7 Å². The van der Waals surface area contributed by atoms with E-state index in [4.69, 9.17) is 0 Å². The van der Waals surface area contributed by atoms with E-state index in [0.717, 1.165) is 0 Å². The van der Waals surface area contributed by atoms with Crippen molar-refractivity contribution in [2.45, 2.75) is 39.5 Å². The van der Waals surface area contributed by atoms with E-state index < -0.39 is 8.07 Å². The Balaban J connectivity index is 4.07. The monoisotopic (exact) mass is 168 g/mol. The first-order chi connectivity index (χ1) is 4.81. The fraction of sp³-hybridized carbons (Fsp3) is 0.600. The van der Waals surface area contributed by atoms with Gasteiger partial charge in [-0.3, -0.25) is 0 Å². The zero-order valence-corrected chi connectivity index (χ0v) is 9.49. The molecule has 0 heterocycles. The molecule has 0 aliphatic carbocycles. The first kappa shape index (κ1) is 10.7. The lowest BCUT2D eigenvalue weighted by Gasteiger charge is -2.15. The Labute approximate surface area is 72.0 Å². The minimum atomic E-state index is -0.897. The third kappa shape index (κ3) is 7.60. The Kier molecular flexibility index (Phi) is 3.80. The standard InChI is InChI=1S/C10H20Si/c1-9(2)7-10(3)8-11(4,5)6/h7H,1,8H2,2-6H3/b10-7-. The lowest BCUT2D eigenvalue weighted by molar-refractivity contribution is 1.29. The number of rotatable bonds is 3. The average molecular weight is 168 g/mol. The molecule has 0 atom stereocenters. The third-order valence-electron chi connectivity index (χ3n) is 1.30. The van der Waals surface area contributed by atoms with E-state index in [1.165, 1.54) is 17.2 Å². The Morgan fingerprint density at radius 3 is 2.00 bits per heavy atom. The minimum absolute atomic E-state index is 0.897. The van der Waals surface area contributed by atoms with E-state index >= 15 is 0 Å². The van der Waals surface area contributed by atoms with Crippen LogP contribution in [0.25, 0.3) is 0 Å². The van der Waals surface area contributed by atoms with Gasteiger partial charge in [0.2, 0.25) is 0 Å². The molecule has 0 spiro atoms. The molecule has 0 fully saturated rings. The van der Waals surface area contributed by atoms with Crippen LogP contribution in [0.5, 0.6) is 0 Å². The normalized spacial score (nSPS) is 13.4. The second kappa shape index (κ2) is 3.91. The van der Waals surface area contributed by atoms with Gasteiger partial charge in [-0.2, -0.15) is 0 Å². The summed E-state index contributed by atoms with van der Waals surface area (Å²) in [6, 6.07) is 1.29. The van der Waals surface area contributed by atoms with E-state index in [-0.39, 0.29) is 0 Å². The summed E-state index contributed by atoms with van der Waals surface area (Å²) in [6.07, 6.45) is 2.19. The van der Waals surface area contributed by atoms with Crippen LogP contribution in [-0.2, 0) is 0 Å². The molecule has 0 nitrogen and oxygen atoms in total. The summed E-state index contributed by atoms with van der Waals surface area (Å²) in [5.74, 6) is 0. The Morgan fingerprint density at radius 1 is 1.27 bits per heavy atom. The van der Waals surface area contributed by atoms with Gasteiger partial charge in [0.05, 0.1) is 0 Å². The molecule has 11 heavy (non-hydrogen) atoms.